The number of aryl methyl sites for hydroxylation is 3. The van der Waals surface area contributed by atoms with Gasteiger partial charge in [-0.3, -0.25) is 4.79 Å². The summed E-state index contributed by atoms with van der Waals surface area (Å²) in [5, 5.41) is 3.91. The molecule has 0 aliphatic rings. The molecule has 4 heteroatoms. The van der Waals surface area contributed by atoms with E-state index >= 15 is 0 Å². The average molecular weight is 296 g/mol. The number of hydrazone groups is 1. The number of carbonyl (C=O) groups is 1. The third kappa shape index (κ3) is 4.74. The van der Waals surface area contributed by atoms with Crippen LogP contribution in [0, 0.1) is 20.8 Å². The molecule has 0 fully saturated rings. The van der Waals surface area contributed by atoms with Crippen molar-refractivity contribution in [2.24, 2.45) is 5.10 Å². The molecule has 0 aliphatic heterocycles. The van der Waals surface area contributed by atoms with Crippen LogP contribution in [0.2, 0.25) is 0 Å². The monoisotopic (exact) mass is 296 g/mol. The van der Waals surface area contributed by atoms with Gasteiger partial charge >= 0.3 is 0 Å². The average Bonchev–Trinajstić information content (AvgIpc) is 2.50. The Hall–Kier alpha value is -2.62. The lowest BCUT2D eigenvalue weighted by Crippen LogP contribution is -2.24. The summed E-state index contributed by atoms with van der Waals surface area (Å²) >= 11 is 0. The normalized spacial score (nSPS) is 10.7. The Morgan fingerprint density at radius 2 is 1.82 bits per heavy atom. The Morgan fingerprint density at radius 1 is 1.09 bits per heavy atom. The second-order valence-corrected chi connectivity index (χ2v) is 5.24. The van der Waals surface area contributed by atoms with Crippen LogP contribution < -0.4 is 10.2 Å². The fourth-order valence-corrected chi connectivity index (χ4v) is 1.82. The van der Waals surface area contributed by atoms with Crippen LogP contribution in [0.1, 0.15) is 22.3 Å². The van der Waals surface area contributed by atoms with Crippen molar-refractivity contribution in [1.82, 2.24) is 5.43 Å². The quantitative estimate of drug-likeness (QED) is 0.680. The van der Waals surface area contributed by atoms with E-state index in [1.807, 2.05) is 63.2 Å². The molecule has 2 aromatic rings. The standard InChI is InChI=1S/C18H20N2O2/c1-13-4-7-16(8-5-13)11-19-20-18(21)12-22-17-9-6-14(2)15(3)10-17/h4-11H,12H2,1-3H3,(H,20,21)/b19-11-. The van der Waals surface area contributed by atoms with Crippen molar-refractivity contribution in [2.45, 2.75) is 20.8 Å². The molecule has 2 rings (SSSR count). The first-order chi connectivity index (χ1) is 10.5. The van der Waals surface area contributed by atoms with E-state index in [-0.39, 0.29) is 12.5 Å². The molecule has 0 saturated carbocycles. The summed E-state index contributed by atoms with van der Waals surface area (Å²) in [6.07, 6.45) is 1.60. The minimum absolute atomic E-state index is 0.0618. The molecule has 1 amide bonds. The second kappa shape index (κ2) is 7.41. The summed E-state index contributed by atoms with van der Waals surface area (Å²) in [4.78, 5) is 11.7. The smallest absolute Gasteiger partial charge is 0.277 e. The highest BCUT2D eigenvalue weighted by Gasteiger charge is 2.02. The summed E-state index contributed by atoms with van der Waals surface area (Å²) in [6.45, 7) is 6.00. The Bertz CT molecular complexity index is 676. The van der Waals surface area contributed by atoms with Gasteiger partial charge in [0.15, 0.2) is 6.61 Å². The molecule has 0 heterocycles. The maximum Gasteiger partial charge on any atom is 0.277 e. The third-order valence-electron chi connectivity index (χ3n) is 3.33. The van der Waals surface area contributed by atoms with Crippen molar-refractivity contribution >= 4 is 12.1 Å². The first kappa shape index (κ1) is 15.8. The van der Waals surface area contributed by atoms with Gasteiger partial charge in [0.1, 0.15) is 5.75 Å². The molecule has 114 valence electrons. The van der Waals surface area contributed by atoms with Gasteiger partial charge in [-0.15, -0.1) is 0 Å². The molecule has 2 aromatic carbocycles. The van der Waals surface area contributed by atoms with Crippen molar-refractivity contribution in [3.63, 3.8) is 0 Å². The van der Waals surface area contributed by atoms with Crippen molar-refractivity contribution in [1.29, 1.82) is 0 Å². The van der Waals surface area contributed by atoms with Gasteiger partial charge < -0.3 is 4.74 Å². The SMILES string of the molecule is Cc1ccc(/C=N\NC(=O)COc2ccc(C)c(C)c2)cc1. The fraction of sp³-hybridized carbons (Fsp3) is 0.222. The van der Waals surface area contributed by atoms with E-state index in [0.717, 1.165) is 11.1 Å². The highest BCUT2D eigenvalue weighted by Crippen LogP contribution is 2.16. The maximum absolute atomic E-state index is 11.7. The van der Waals surface area contributed by atoms with Crippen molar-refractivity contribution in [3.8, 4) is 5.75 Å². The number of amides is 1. The third-order valence-corrected chi connectivity index (χ3v) is 3.33. The Kier molecular flexibility index (Phi) is 5.31. The molecule has 0 spiro atoms. The van der Waals surface area contributed by atoms with E-state index in [9.17, 15) is 4.79 Å². The molecular weight excluding hydrogens is 276 g/mol. The van der Waals surface area contributed by atoms with Crippen LogP contribution in [-0.4, -0.2) is 18.7 Å². The summed E-state index contributed by atoms with van der Waals surface area (Å²) in [5.41, 5.74) is 6.89. The Morgan fingerprint density at radius 3 is 2.50 bits per heavy atom. The zero-order valence-corrected chi connectivity index (χ0v) is 13.1. The van der Waals surface area contributed by atoms with Crippen LogP contribution in [0.5, 0.6) is 5.75 Å². The molecule has 22 heavy (non-hydrogen) atoms. The lowest BCUT2D eigenvalue weighted by Gasteiger charge is -2.07. The van der Waals surface area contributed by atoms with Gasteiger partial charge in [-0.1, -0.05) is 35.9 Å². The first-order valence-corrected chi connectivity index (χ1v) is 7.13. The van der Waals surface area contributed by atoms with Crippen LogP contribution in [0.4, 0.5) is 0 Å². The van der Waals surface area contributed by atoms with Crippen molar-refractivity contribution in [3.05, 3.63) is 64.7 Å². The van der Waals surface area contributed by atoms with E-state index < -0.39 is 0 Å². The summed E-state index contributed by atoms with van der Waals surface area (Å²) in [7, 11) is 0. The second-order valence-electron chi connectivity index (χ2n) is 5.24. The van der Waals surface area contributed by atoms with Crippen LogP contribution in [0.25, 0.3) is 0 Å². The van der Waals surface area contributed by atoms with Gasteiger partial charge in [0.05, 0.1) is 6.21 Å². The molecule has 0 bridgehead atoms. The number of carbonyl (C=O) groups excluding carboxylic acids is 1. The number of ether oxygens (including phenoxy) is 1. The first-order valence-electron chi connectivity index (χ1n) is 7.13. The van der Waals surface area contributed by atoms with Gasteiger partial charge in [-0.05, 0) is 49.6 Å². The van der Waals surface area contributed by atoms with Crippen LogP contribution in [0.3, 0.4) is 0 Å². The molecule has 0 radical (unpaired) electrons. The number of hydrogen-bond donors (Lipinski definition) is 1. The van der Waals surface area contributed by atoms with E-state index in [1.54, 1.807) is 6.21 Å². The summed E-state index contributed by atoms with van der Waals surface area (Å²) in [5.74, 6) is 0.391. The zero-order valence-electron chi connectivity index (χ0n) is 13.1. The van der Waals surface area contributed by atoms with E-state index in [1.165, 1.54) is 11.1 Å². The predicted octanol–water partition coefficient (Wildman–Crippen LogP) is 3.14. The van der Waals surface area contributed by atoms with Crippen molar-refractivity contribution in [2.75, 3.05) is 6.61 Å². The minimum Gasteiger partial charge on any atom is -0.484 e. The van der Waals surface area contributed by atoms with Gasteiger partial charge in [0.25, 0.3) is 5.91 Å². The molecule has 4 nitrogen and oxygen atoms in total. The molecule has 0 aromatic heterocycles. The molecule has 0 unspecified atom stereocenters. The molecule has 0 atom stereocenters. The highest BCUT2D eigenvalue weighted by molar-refractivity contribution is 5.82. The van der Waals surface area contributed by atoms with Gasteiger partial charge in [-0.2, -0.15) is 5.10 Å². The molecule has 0 saturated heterocycles. The van der Waals surface area contributed by atoms with E-state index in [2.05, 4.69) is 10.5 Å². The molecule has 0 aliphatic carbocycles. The highest BCUT2D eigenvalue weighted by atomic mass is 16.5. The van der Waals surface area contributed by atoms with Crippen LogP contribution >= 0.6 is 0 Å². The number of nitrogens with zero attached hydrogens (tertiary/aromatic N) is 1. The maximum atomic E-state index is 11.7. The number of benzene rings is 2. The largest absolute Gasteiger partial charge is 0.484 e. The van der Waals surface area contributed by atoms with Gasteiger partial charge in [0, 0.05) is 0 Å². The topological polar surface area (TPSA) is 50.7 Å². The summed E-state index contributed by atoms with van der Waals surface area (Å²) in [6, 6.07) is 13.6. The molecular formula is C18H20N2O2. The number of hydrogen-bond acceptors (Lipinski definition) is 3. The van der Waals surface area contributed by atoms with Gasteiger partial charge in [0.2, 0.25) is 0 Å². The molecule has 1 N–H and O–H groups in total. The number of rotatable bonds is 5. The Labute approximate surface area is 130 Å². The zero-order chi connectivity index (χ0) is 15.9. The lowest BCUT2D eigenvalue weighted by molar-refractivity contribution is -0.123. The minimum atomic E-state index is -0.290. The number of nitrogens with one attached hydrogen (secondary N) is 1. The van der Waals surface area contributed by atoms with Gasteiger partial charge in [-0.25, -0.2) is 5.43 Å². The predicted molar refractivity (Wildman–Crippen MR) is 88.3 cm³/mol. The van der Waals surface area contributed by atoms with E-state index in [4.69, 9.17) is 4.74 Å². The van der Waals surface area contributed by atoms with Crippen LogP contribution in [-0.2, 0) is 4.79 Å². The summed E-state index contributed by atoms with van der Waals surface area (Å²) < 4.78 is 5.44. The fourth-order valence-electron chi connectivity index (χ4n) is 1.82. The van der Waals surface area contributed by atoms with E-state index in [0.29, 0.717) is 5.75 Å². The van der Waals surface area contributed by atoms with Crippen LogP contribution in [0.15, 0.2) is 47.6 Å². The van der Waals surface area contributed by atoms with Crippen molar-refractivity contribution < 1.29 is 9.53 Å². The lowest BCUT2D eigenvalue weighted by atomic mass is 10.1. The Balaban J connectivity index is 1.80.